The summed E-state index contributed by atoms with van der Waals surface area (Å²) in [7, 11) is -3.62. The molecule has 1 heterocycles. The zero-order valence-corrected chi connectivity index (χ0v) is 13.1. The minimum Gasteiger partial charge on any atom is -0.397 e. The standard InChI is InChI=1S/C13H19ClN2O3S/c1-9-7-10(8-11(15)12(9)14)20(17,18)16-13(2)3-5-19-6-4-13/h7-8,16H,3-6,15H2,1-2H3. The number of hydrogen-bond acceptors (Lipinski definition) is 4. The van der Waals surface area contributed by atoms with Crippen LogP contribution < -0.4 is 10.5 Å². The van der Waals surface area contributed by atoms with Gasteiger partial charge in [-0.05, 0) is 44.4 Å². The lowest BCUT2D eigenvalue weighted by Crippen LogP contribution is -2.49. The Morgan fingerprint density at radius 2 is 1.95 bits per heavy atom. The summed E-state index contributed by atoms with van der Waals surface area (Å²) in [6.45, 7) is 4.73. The normalized spacial score (nSPS) is 18.9. The van der Waals surface area contributed by atoms with Gasteiger partial charge in [-0.3, -0.25) is 0 Å². The monoisotopic (exact) mass is 318 g/mol. The highest BCUT2D eigenvalue weighted by atomic mass is 35.5. The van der Waals surface area contributed by atoms with E-state index in [1.54, 1.807) is 6.92 Å². The smallest absolute Gasteiger partial charge is 0.241 e. The van der Waals surface area contributed by atoms with Gasteiger partial charge in [0, 0.05) is 18.8 Å². The molecule has 7 heteroatoms. The van der Waals surface area contributed by atoms with E-state index in [0.717, 1.165) is 0 Å². The number of halogens is 1. The van der Waals surface area contributed by atoms with Gasteiger partial charge in [0.05, 0.1) is 15.6 Å². The molecule has 1 aromatic rings. The number of ether oxygens (including phenoxy) is 1. The van der Waals surface area contributed by atoms with Gasteiger partial charge in [0.1, 0.15) is 0 Å². The van der Waals surface area contributed by atoms with Gasteiger partial charge in [0.25, 0.3) is 0 Å². The van der Waals surface area contributed by atoms with Gasteiger partial charge in [-0.25, -0.2) is 13.1 Å². The first-order valence-electron chi connectivity index (χ1n) is 6.41. The van der Waals surface area contributed by atoms with Gasteiger partial charge in [-0.1, -0.05) is 11.6 Å². The van der Waals surface area contributed by atoms with Crippen molar-refractivity contribution >= 4 is 27.3 Å². The lowest BCUT2D eigenvalue weighted by Gasteiger charge is -2.34. The number of nitrogens with one attached hydrogen (secondary N) is 1. The minimum atomic E-state index is -3.62. The van der Waals surface area contributed by atoms with E-state index >= 15 is 0 Å². The lowest BCUT2D eigenvalue weighted by atomic mass is 9.94. The third-order valence-electron chi connectivity index (χ3n) is 3.54. The van der Waals surface area contributed by atoms with Gasteiger partial charge in [0.15, 0.2) is 0 Å². The van der Waals surface area contributed by atoms with Crippen molar-refractivity contribution < 1.29 is 13.2 Å². The van der Waals surface area contributed by atoms with Crippen molar-refractivity contribution in [3.63, 3.8) is 0 Å². The number of anilines is 1. The SMILES string of the molecule is Cc1cc(S(=O)(=O)NC2(C)CCOCC2)cc(N)c1Cl. The van der Waals surface area contributed by atoms with E-state index in [-0.39, 0.29) is 10.6 Å². The first-order valence-corrected chi connectivity index (χ1v) is 8.27. The van der Waals surface area contributed by atoms with Crippen LogP contribution in [0, 0.1) is 6.92 Å². The topological polar surface area (TPSA) is 81.4 Å². The molecule has 0 amide bonds. The molecule has 112 valence electrons. The Kier molecular flexibility index (Phi) is 4.30. The van der Waals surface area contributed by atoms with E-state index in [1.807, 2.05) is 6.92 Å². The molecule has 1 aliphatic rings. The Morgan fingerprint density at radius 3 is 2.50 bits per heavy atom. The van der Waals surface area contributed by atoms with Crippen molar-refractivity contribution in [1.29, 1.82) is 0 Å². The average molecular weight is 319 g/mol. The summed E-state index contributed by atoms with van der Waals surface area (Å²) in [6, 6.07) is 2.92. The van der Waals surface area contributed by atoms with Crippen molar-refractivity contribution in [3.05, 3.63) is 22.7 Å². The van der Waals surface area contributed by atoms with Crippen molar-refractivity contribution in [2.45, 2.75) is 37.1 Å². The molecular formula is C13H19ClN2O3S. The Labute approximate surface area is 124 Å². The number of aryl methyl sites for hydroxylation is 1. The molecular weight excluding hydrogens is 300 g/mol. The van der Waals surface area contributed by atoms with Crippen LogP contribution in [0.5, 0.6) is 0 Å². The van der Waals surface area contributed by atoms with Crippen LogP contribution in [0.2, 0.25) is 5.02 Å². The Bertz CT molecular complexity index is 587. The van der Waals surface area contributed by atoms with E-state index in [2.05, 4.69) is 4.72 Å². The first-order chi connectivity index (χ1) is 9.23. The molecule has 1 aliphatic heterocycles. The van der Waals surface area contributed by atoms with Crippen LogP contribution in [0.4, 0.5) is 5.69 Å². The van der Waals surface area contributed by atoms with Crippen molar-refractivity contribution in [3.8, 4) is 0 Å². The van der Waals surface area contributed by atoms with Crippen LogP contribution in [-0.2, 0) is 14.8 Å². The van der Waals surface area contributed by atoms with Gasteiger partial charge in [0.2, 0.25) is 10.0 Å². The number of sulfonamides is 1. The quantitative estimate of drug-likeness (QED) is 0.836. The molecule has 1 aromatic carbocycles. The number of rotatable bonds is 3. The second kappa shape index (κ2) is 5.52. The van der Waals surface area contributed by atoms with E-state index in [4.69, 9.17) is 22.1 Å². The van der Waals surface area contributed by atoms with E-state index in [0.29, 0.717) is 36.6 Å². The fraction of sp³-hybridized carbons (Fsp3) is 0.538. The molecule has 0 unspecified atom stereocenters. The molecule has 0 spiro atoms. The van der Waals surface area contributed by atoms with Crippen molar-refractivity contribution in [1.82, 2.24) is 4.72 Å². The van der Waals surface area contributed by atoms with Gasteiger partial charge in [-0.2, -0.15) is 0 Å². The predicted octanol–water partition coefficient (Wildman–Crippen LogP) is 2.08. The number of benzene rings is 1. The summed E-state index contributed by atoms with van der Waals surface area (Å²) < 4.78 is 33.0. The highest BCUT2D eigenvalue weighted by Crippen LogP contribution is 2.28. The van der Waals surface area contributed by atoms with Gasteiger partial charge >= 0.3 is 0 Å². The molecule has 20 heavy (non-hydrogen) atoms. The van der Waals surface area contributed by atoms with Gasteiger partial charge in [-0.15, -0.1) is 0 Å². The van der Waals surface area contributed by atoms with Crippen molar-refractivity contribution in [2.24, 2.45) is 0 Å². The molecule has 1 fully saturated rings. The lowest BCUT2D eigenvalue weighted by molar-refractivity contribution is 0.0537. The second-order valence-electron chi connectivity index (χ2n) is 5.42. The molecule has 0 aromatic heterocycles. The largest absolute Gasteiger partial charge is 0.397 e. The maximum absolute atomic E-state index is 12.5. The van der Waals surface area contributed by atoms with Crippen LogP contribution in [0.3, 0.4) is 0 Å². The zero-order chi connectivity index (χ0) is 15.0. The maximum Gasteiger partial charge on any atom is 0.241 e. The molecule has 3 N–H and O–H groups in total. The maximum atomic E-state index is 12.5. The average Bonchev–Trinajstić information content (AvgIpc) is 2.35. The van der Waals surface area contributed by atoms with Crippen LogP contribution in [0.1, 0.15) is 25.3 Å². The number of nitrogen functional groups attached to an aromatic ring is 1. The fourth-order valence-electron chi connectivity index (χ4n) is 2.23. The number of nitrogens with two attached hydrogens (primary N) is 1. The molecule has 0 bridgehead atoms. The molecule has 1 saturated heterocycles. The van der Waals surface area contributed by atoms with E-state index < -0.39 is 15.6 Å². The Balaban J connectivity index is 2.31. The summed E-state index contributed by atoms with van der Waals surface area (Å²) in [5.74, 6) is 0. The van der Waals surface area contributed by atoms with Crippen LogP contribution in [-0.4, -0.2) is 27.2 Å². The minimum absolute atomic E-state index is 0.143. The molecule has 0 saturated carbocycles. The molecule has 0 atom stereocenters. The predicted molar refractivity (Wildman–Crippen MR) is 79.4 cm³/mol. The first kappa shape index (κ1) is 15.6. The highest BCUT2D eigenvalue weighted by Gasteiger charge is 2.32. The second-order valence-corrected chi connectivity index (χ2v) is 7.48. The highest BCUT2D eigenvalue weighted by molar-refractivity contribution is 7.89. The fourth-order valence-corrected chi connectivity index (χ4v) is 3.92. The summed E-state index contributed by atoms with van der Waals surface area (Å²) in [5, 5.41) is 0.390. The third kappa shape index (κ3) is 3.25. The summed E-state index contributed by atoms with van der Waals surface area (Å²) in [4.78, 5) is 0.143. The Morgan fingerprint density at radius 1 is 1.35 bits per heavy atom. The van der Waals surface area contributed by atoms with Crippen molar-refractivity contribution in [2.75, 3.05) is 18.9 Å². The van der Waals surface area contributed by atoms with Crippen LogP contribution in [0.25, 0.3) is 0 Å². The van der Waals surface area contributed by atoms with E-state index in [9.17, 15) is 8.42 Å². The molecule has 0 radical (unpaired) electrons. The summed E-state index contributed by atoms with van der Waals surface area (Å²) >= 11 is 5.96. The zero-order valence-electron chi connectivity index (χ0n) is 11.6. The molecule has 2 rings (SSSR count). The number of hydrogen-bond donors (Lipinski definition) is 2. The van der Waals surface area contributed by atoms with Crippen LogP contribution in [0.15, 0.2) is 17.0 Å². The van der Waals surface area contributed by atoms with Crippen LogP contribution >= 0.6 is 11.6 Å². The van der Waals surface area contributed by atoms with E-state index in [1.165, 1.54) is 12.1 Å². The third-order valence-corrected chi connectivity index (χ3v) is 5.68. The summed E-state index contributed by atoms with van der Waals surface area (Å²) in [5.41, 5.74) is 6.16. The van der Waals surface area contributed by atoms with Gasteiger partial charge < -0.3 is 10.5 Å². The molecule has 5 nitrogen and oxygen atoms in total. The molecule has 0 aliphatic carbocycles. The Hall–Kier alpha value is -0.820. The summed E-state index contributed by atoms with van der Waals surface area (Å²) in [6.07, 6.45) is 1.29.